The number of benzene rings is 4. The lowest BCUT2D eigenvalue weighted by Gasteiger charge is -2.34. The maximum Gasteiger partial charge on any atom is 0.264 e. The Bertz CT molecular complexity index is 1660. The molecule has 0 heterocycles. The lowest BCUT2D eigenvalue weighted by Crippen LogP contribution is -2.54. The van der Waals surface area contributed by atoms with E-state index >= 15 is 0 Å². The van der Waals surface area contributed by atoms with Gasteiger partial charge < -0.3 is 10.2 Å². The molecule has 2 amide bonds. The SMILES string of the molecule is CC[C@H](C)NC(=O)[C@@H](Cc1ccccc1)N(Cc1ccc(Cl)c(Cl)c1)C(=O)CN(c1ccccc1)S(=O)(=O)c1ccccc1. The van der Waals surface area contributed by atoms with Gasteiger partial charge in [0, 0.05) is 19.0 Å². The molecule has 0 bridgehead atoms. The molecule has 0 saturated heterocycles. The summed E-state index contributed by atoms with van der Waals surface area (Å²) in [5.74, 6) is -0.895. The normalized spacial score (nSPS) is 12.6. The van der Waals surface area contributed by atoms with E-state index in [0.717, 1.165) is 9.87 Å². The second-order valence-corrected chi connectivity index (χ2v) is 13.1. The van der Waals surface area contributed by atoms with E-state index in [1.165, 1.54) is 17.0 Å². The molecule has 0 aliphatic carbocycles. The number of rotatable bonds is 13. The van der Waals surface area contributed by atoms with Gasteiger partial charge in [0.25, 0.3) is 10.0 Å². The van der Waals surface area contributed by atoms with Gasteiger partial charge in [-0.2, -0.15) is 0 Å². The number of halogens is 2. The number of sulfonamides is 1. The summed E-state index contributed by atoms with van der Waals surface area (Å²) in [5, 5.41) is 3.68. The number of hydrogen-bond donors (Lipinski definition) is 1. The van der Waals surface area contributed by atoms with Gasteiger partial charge in [-0.15, -0.1) is 0 Å². The van der Waals surface area contributed by atoms with Gasteiger partial charge in [0.15, 0.2) is 0 Å². The summed E-state index contributed by atoms with van der Waals surface area (Å²) in [6.45, 7) is 3.31. The van der Waals surface area contributed by atoms with Gasteiger partial charge >= 0.3 is 0 Å². The molecule has 0 aromatic heterocycles. The van der Waals surface area contributed by atoms with Gasteiger partial charge in [-0.1, -0.05) is 103 Å². The average Bonchev–Trinajstić information content (AvgIpc) is 3.04. The highest BCUT2D eigenvalue weighted by Gasteiger charge is 2.35. The van der Waals surface area contributed by atoms with Crippen LogP contribution in [-0.4, -0.2) is 43.8 Å². The Hall–Kier alpha value is -3.85. The largest absolute Gasteiger partial charge is 0.352 e. The van der Waals surface area contributed by atoms with Crippen molar-refractivity contribution in [2.45, 2.75) is 50.2 Å². The molecule has 4 aromatic rings. The molecule has 1 N–H and O–H groups in total. The second kappa shape index (κ2) is 15.2. The van der Waals surface area contributed by atoms with Crippen molar-refractivity contribution in [2.24, 2.45) is 0 Å². The Kier molecular flexibility index (Phi) is 11.4. The summed E-state index contributed by atoms with van der Waals surface area (Å²) < 4.78 is 29.0. The zero-order valence-electron chi connectivity index (χ0n) is 24.6. The Morgan fingerprint density at radius 3 is 1.98 bits per heavy atom. The molecule has 10 heteroatoms. The fourth-order valence-electron chi connectivity index (χ4n) is 4.67. The summed E-state index contributed by atoms with van der Waals surface area (Å²) in [4.78, 5) is 29.8. The molecule has 230 valence electrons. The quantitative estimate of drug-likeness (QED) is 0.173. The third-order valence-electron chi connectivity index (χ3n) is 7.26. The highest BCUT2D eigenvalue weighted by molar-refractivity contribution is 7.92. The van der Waals surface area contributed by atoms with Gasteiger partial charge in [-0.05, 0) is 60.9 Å². The van der Waals surface area contributed by atoms with Gasteiger partial charge in [0.1, 0.15) is 12.6 Å². The molecule has 4 rings (SSSR count). The monoisotopic (exact) mass is 651 g/mol. The lowest BCUT2D eigenvalue weighted by molar-refractivity contribution is -0.140. The first kappa shape index (κ1) is 33.1. The van der Waals surface area contributed by atoms with Crippen molar-refractivity contribution in [3.05, 3.63) is 130 Å². The van der Waals surface area contributed by atoms with Crippen LogP contribution in [0.25, 0.3) is 0 Å². The molecule has 2 atom stereocenters. The zero-order valence-corrected chi connectivity index (χ0v) is 26.9. The van der Waals surface area contributed by atoms with Crippen molar-refractivity contribution >= 4 is 50.7 Å². The number of para-hydroxylation sites is 1. The first-order valence-electron chi connectivity index (χ1n) is 14.3. The lowest BCUT2D eigenvalue weighted by atomic mass is 10.0. The van der Waals surface area contributed by atoms with Gasteiger partial charge in [0.2, 0.25) is 11.8 Å². The molecule has 0 aliphatic rings. The third kappa shape index (κ3) is 8.40. The zero-order chi connectivity index (χ0) is 31.7. The summed E-state index contributed by atoms with van der Waals surface area (Å²) in [6, 6.07) is 29.7. The minimum absolute atomic E-state index is 0.00480. The molecule has 4 aromatic carbocycles. The van der Waals surface area contributed by atoms with Crippen molar-refractivity contribution in [1.29, 1.82) is 0 Å². The van der Waals surface area contributed by atoms with Gasteiger partial charge in [-0.3, -0.25) is 13.9 Å². The minimum Gasteiger partial charge on any atom is -0.352 e. The van der Waals surface area contributed by atoms with Crippen LogP contribution in [0.1, 0.15) is 31.4 Å². The highest BCUT2D eigenvalue weighted by Crippen LogP contribution is 2.27. The van der Waals surface area contributed by atoms with E-state index < -0.39 is 28.5 Å². The van der Waals surface area contributed by atoms with E-state index in [0.29, 0.717) is 27.7 Å². The third-order valence-corrected chi connectivity index (χ3v) is 9.79. The van der Waals surface area contributed by atoms with Crippen LogP contribution in [0.2, 0.25) is 10.0 Å². The van der Waals surface area contributed by atoms with E-state index in [9.17, 15) is 18.0 Å². The molecular formula is C34H35Cl2N3O4S. The molecular weight excluding hydrogens is 617 g/mol. The van der Waals surface area contributed by atoms with Crippen LogP contribution >= 0.6 is 23.2 Å². The number of carbonyl (C=O) groups is 2. The molecule has 0 aliphatic heterocycles. The minimum atomic E-state index is -4.15. The summed E-state index contributed by atoms with van der Waals surface area (Å²) >= 11 is 12.5. The predicted molar refractivity (Wildman–Crippen MR) is 176 cm³/mol. The number of hydrogen-bond acceptors (Lipinski definition) is 4. The number of nitrogens with one attached hydrogen (secondary N) is 1. The van der Waals surface area contributed by atoms with E-state index in [2.05, 4.69) is 5.32 Å². The average molecular weight is 653 g/mol. The number of carbonyl (C=O) groups excluding carboxylic acids is 2. The topological polar surface area (TPSA) is 86.8 Å². The number of anilines is 1. The molecule has 0 saturated carbocycles. The molecule has 0 spiro atoms. The Labute approximate surface area is 269 Å². The Balaban J connectivity index is 1.80. The van der Waals surface area contributed by atoms with Gasteiger partial charge in [0.05, 0.1) is 20.6 Å². The van der Waals surface area contributed by atoms with Crippen LogP contribution in [0.3, 0.4) is 0 Å². The first-order valence-corrected chi connectivity index (χ1v) is 16.5. The van der Waals surface area contributed by atoms with Crippen LogP contribution in [-0.2, 0) is 32.6 Å². The molecule has 44 heavy (non-hydrogen) atoms. The number of amides is 2. The molecule has 0 fully saturated rings. The molecule has 7 nitrogen and oxygen atoms in total. The van der Waals surface area contributed by atoms with Crippen molar-refractivity contribution in [2.75, 3.05) is 10.8 Å². The second-order valence-electron chi connectivity index (χ2n) is 10.5. The number of nitrogens with zero attached hydrogens (tertiary/aromatic N) is 2. The summed E-state index contributed by atoms with van der Waals surface area (Å²) in [7, 11) is -4.15. The van der Waals surface area contributed by atoms with Gasteiger partial charge in [-0.25, -0.2) is 8.42 Å². The standard InChI is InChI=1S/C34H35Cl2N3O4S/c1-3-25(2)37-34(41)32(22-26-13-7-4-8-14-26)38(23-27-19-20-30(35)31(36)21-27)33(40)24-39(28-15-9-5-10-16-28)44(42,43)29-17-11-6-12-18-29/h4-21,25,32H,3,22-24H2,1-2H3,(H,37,41)/t25-,32+/m0/s1. The van der Waals surface area contributed by atoms with E-state index in [4.69, 9.17) is 23.2 Å². The molecule has 0 radical (unpaired) electrons. The van der Waals surface area contributed by atoms with Crippen molar-refractivity contribution in [1.82, 2.24) is 10.2 Å². The van der Waals surface area contributed by atoms with Crippen LogP contribution in [0.5, 0.6) is 0 Å². The Morgan fingerprint density at radius 1 is 0.795 bits per heavy atom. The van der Waals surface area contributed by atoms with Crippen LogP contribution < -0.4 is 9.62 Å². The Morgan fingerprint density at radius 2 is 1.39 bits per heavy atom. The van der Waals surface area contributed by atoms with Crippen molar-refractivity contribution < 1.29 is 18.0 Å². The van der Waals surface area contributed by atoms with Crippen LogP contribution in [0, 0.1) is 0 Å². The van der Waals surface area contributed by atoms with E-state index in [1.54, 1.807) is 66.7 Å². The van der Waals surface area contributed by atoms with E-state index in [-0.39, 0.29) is 29.8 Å². The fraction of sp³-hybridized carbons (Fsp3) is 0.235. The van der Waals surface area contributed by atoms with Crippen LogP contribution in [0.15, 0.2) is 114 Å². The maximum atomic E-state index is 14.4. The van der Waals surface area contributed by atoms with E-state index in [1.807, 2.05) is 44.2 Å². The first-order chi connectivity index (χ1) is 21.1. The predicted octanol–water partition coefficient (Wildman–Crippen LogP) is 6.74. The molecule has 0 unspecified atom stereocenters. The summed E-state index contributed by atoms with van der Waals surface area (Å²) in [5.41, 5.74) is 1.81. The highest BCUT2D eigenvalue weighted by atomic mass is 35.5. The smallest absolute Gasteiger partial charge is 0.264 e. The summed E-state index contributed by atoms with van der Waals surface area (Å²) in [6.07, 6.45) is 0.911. The van der Waals surface area contributed by atoms with Crippen molar-refractivity contribution in [3.8, 4) is 0 Å². The van der Waals surface area contributed by atoms with Crippen molar-refractivity contribution in [3.63, 3.8) is 0 Å². The fourth-order valence-corrected chi connectivity index (χ4v) is 6.43. The maximum absolute atomic E-state index is 14.4. The van der Waals surface area contributed by atoms with Crippen LogP contribution in [0.4, 0.5) is 5.69 Å².